The van der Waals surface area contributed by atoms with E-state index >= 15 is 0 Å². The zero-order valence-electron chi connectivity index (χ0n) is 1.84. The Morgan fingerprint density at radius 1 is 0.400 bits per heavy atom. The van der Waals surface area contributed by atoms with E-state index in [2.05, 4.69) is 0 Å². The first-order valence-electron chi connectivity index (χ1n) is 0. The van der Waals surface area contributed by atoms with Gasteiger partial charge in [0.15, 0.2) is 0 Å². The summed E-state index contributed by atoms with van der Waals surface area (Å²) in [6, 6.07) is 0. The summed E-state index contributed by atoms with van der Waals surface area (Å²) in [7, 11) is 0. The standard InChI is InChI=1S/2P.3Pd/q2*-3;3*+2. The average Bonchev–Trinajstić information content (AvgIpc) is 0. The number of hydrogen-bond acceptors (Lipinski definition) is 0. The Morgan fingerprint density at radius 2 is 0.400 bits per heavy atom. The van der Waals surface area contributed by atoms with Crippen LogP contribution in [0.1, 0.15) is 0 Å². The van der Waals surface area contributed by atoms with Crippen molar-refractivity contribution in [1.82, 2.24) is 0 Å². The summed E-state index contributed by atoms with van der Waals surface area (Å²) < 4.78 is 0. The Bertz CT molecular complexity index is 4.85. The molecule has 0 bridgehead atoms. The van der Waals surface area contributed by atoms with Crippen LogP contribution in [0.3, 0.4) is 0 Å². The molecule has 5 heavy (non-hydrogen) atoms. The molecule has 0 saturated carbocycles. The Kier molecular flexibility index (Phi) is 262. The second-order valence-corrected chi connectivity index (χ2v) is 0. The smallest absolute Gasteiger partial charge is 2.00 e. The normalized spacial score (nSPS) is 0. The second-order valence-electron chi connectivity index (χ2n) is 0. The molecule has 0 aliphatic carbocycles. The fourth-order valence-electron chi connectivity index (χ4n) is 0. The maximum atomic E-state index is 0. The Balaban J connectivity index is 0. The summed E-state index contributed by atoms with van der Waals surface area (Å²) in [5, 5.41) is 0. The van der Waals surface area contributed by atoms with Crippen molar-refractivity contribution < 1.29 is 61.3 Å². The third-order valence-electron chi connectivity index (χ3n) is 0. The summed E-state index contributed by atoms with van der Waals surface area (Å²) in [5.41, 5.74) is 0. The molecule has 0 spiro atoms. The van der Waals surface area contributed by atoms with Crippen LogP contribution in [-0.2, 0) is 61.3 Å². The van der Waals surface area contributed by atoms with E-state index in [1.54, 1.807) is 0 Å². The first-order chi connectivity index (χ1) is 0. The molecular weight excluding hydrogens is 381 g/mol. The van der Waals surface area contributed by atoms with Gasteiger partial charge in [0.25, 0.3) is 0 Å². The van der Waals surface area contributed by atoms with Gasteiger partial charge in [-0.05, 0) is 0 Å². The van der Waals surface area contributed by atoms with Gasteiger partial charge < -0.3 is 19.8 Å². The molecule has 0 atom stereocenters. The van der Waals surface area contributed by atoms with Gasteiger partial charge >= 0.3 is 61.3 Å². The maximum Gasteiger partial charge on any atom is 2.00 e. The van der Waals surface area contributed by atoms with E-state index in [1.807, 2.05) is 0 Å². The molecule has 5 heteroatoms. The largest absolute Gasteiger partial charge is 3.00 e. The van der Waals surface area contributed by atoms with Gasteiger partial charge in [0.05, 0.1) is 0 Å². The fraction of sp³-hybridized carbons (Fsp3) is 0. The zero-order chi connectivity index (χ0) is 0. The molecule has 0 aromatic rings. The fourth-order valence-corrected chi connectivity index (χ4v) is 0. The van der Waals surface area contributed by atoms with Crippen LogP contribution < -0.4 is 0 Å². The summed E-state index contributed by atoms with van der Waals surface area (Å²) in [6.45, 7) is 0. The molecule has 0 rings (SSSR count). The van der Waals surface area contributed by atoms with Crippen LogP contribution >= 0.6 is 19.8 Å². The number of rotatable bonds is 0. The van der Waals surface area contributed by atoms with Gasteiger partial charge in [-0.1, -0.05) is 0 Å². The first kappa shape index (κ1) is 45.4. The molecule has 0 aromatic carbocycles. The minimum atomic E-state index is 0. The summed E-state index contributed by atoms with van der Waals surface area (Å²) >= 11 is 0. The third-order valence-corrected chi connectivity index (χ3v) is 0. The molecule has 0 nitrogen and oxygen atoms in total. The molecule has 0 radical (unpaired) electrons. The molecule has 0 N–H and O–H groups in total. The van der Waals surface area contributed by atoms with Crippen molar-refractivity contribution in [1.29, 1.82) is 0 Å². The maximum absolute atomic E-state index is 0. The quantitative estimate of drug-likeness (QED) is 0.443. The van der Waals surface area contributed by atoms with Crippen molar-refractivity contribution in [2.45, 2.75) is 0 Å². The van der Waals surface area contributed by atoms with E-state index in [9.17, 15) is 0 Å². The van der Waals surface area contributed by atoms with Gasteiger partial charge in [0.2, 0.25) is 0 Å². The van der Waals surface area contributed by atoms with Crippen LogP contribution in [0.25, 0.3) is 0 Å². The zero-order valence-corrected chi connectivity index (χ0v) is 8.30. The molecule has 0 amide bonds. The summed E-state index contributed by atoms with van der Waals surface area (Å²) in [5.74, 6) is 0. The van der Waals surface area contributed by atoms with Crippen molar-refractivity contribution in [2.24, 2.45) is 0 Å². The molecule has 40 valence electrons. The van der Waals surface area contributed by atoms with Gasteiger partial charge in [-0.3, -0.25) is 0 Å². The van der Waals surface area contributed by atoms with Crippen molar-refractivity contribution in [3.8, 4) is 0 Å². The molecule has 0 fully saturated rings. The van der Waals surface area contributed by atoms with Crippen molar-refractivity contribution in [3.63, 3.8) is 0 Å². The topological polar surface area (TPSA) is 0 Å². The van der Waals surface area contributed by atoms with Crippen LogP contribution in [0.4, 0.5) is 0 Å². The van der Waals surface area contributed by atoms with Crippen molar-refractivity contribution in [3.05, 3.63) is 0 Å². The van der Waals surface area contributed by atoms with E-state index in [-0.39, 0.29) is 81.1 Å². The molecule has 0 heterocycles. The van der Waals surface area contributed by atoms with Gasteiger partial charge in [-0.15, -0.1) is 0 Å². The molecule has 0 saturated heterocycles. The monoisotopic (exact) mass is 380 g/mol. The van der Waals surface area contributed by atoms with E-state index in [4.69, 9.17) is 0 Å². The van der Waals surface area contributed by atoms with Crippen molar-refractivity contribution >= 4 is 19.8 Å². The van der Waals surface area contributed by atoms with Crippen LogP contribution in [-0.4, -0.2) is 0 Å². The minimum absolute atomic E-state index is 0. The van der Waals surface area contributed by atoms with Gasteiger partial charge in [-0.2, -0.15) is 0 Å². The van der Waals surface area contributed by atoms with E-state index < -0.39 is 0 Å². The molecule has 0 aliphatic rings. The van der Waals surface area contributed by atoms with Crippen LogP contribution in [0, 0.1) is 0 Å². The second kappa shape index (κ2) is 28.9. The molecule has 0 aromatic heterocycles. The predicted octanol–water partition coefficient (Wildman–Crippen LogP) is 1.71. The predicted molar refractivity (Wildman–Crippen MR) is 13.8 cm³/mol. The molecular formula is P2Pd3. The Morgan fingerprint density at radius 3 is 0.400 bits per heavy atom. The van der Waals surface area contributed by atoms with Crippen LogP contribution in [0.2, 0.25) is 0 Å². The first-order valence-corrected chi connectivity index (χ1v) is 0. The van der Waals surface area contributed by atoms with Crippen LogP contribution in [0.15, 0.2) is 0 Å². The van der Waals surface area contributed by atoms with E-state index in [0.717, 1.165) is 0 Å². The Labute approximate surface area is 80.2 Å². The van der Waals surface area contributed by atoms with Crippen LogP contribution in [0.5, 0.6) is 0 Å². The van der Waals surface area contributed by atoms with E-state index in [1.165, 1.54) is 0 Å². The Hall–Kier alpha value is 2.85. The molecule has 0 unspecified atom stereocenters. The summed E-state index contributed by atoms with van der Waals surface area (Å²) in [6.07, 6.45) is 0. The summed E-state index contributed by atoms with van der Waals surface area (Å²) in [4.78, 5) is 0. The van der Waals surface area contributed by atoms with Crippen molar-refractivity contribution in [2.75, 3.05) is 0 Å². The number of hydrogen-bond donors (Lipinski definition) is 0. The van der Waals surface area contributed by atoms with Gasteiger partial charge in [-0.25, -0.2) is 0 Å². The molecule has 0 aliphatic heterocycles. The van der Waals surface area contributed by atoms with E-state index in [0.29, 0.717) is 0 Å². The van der Waals surface area contributed by atoms with Gasteiger partial charge in [0.1, 0.15) is 0 Å². The SMILES string of the molecule is [P-3].[P-3].[Pd+2].[Pd+2].[Pd+2]. The van der Waals surface area contributed by atoms with Gasteiger partial charge in [0, 0.05) is 0 Å². The average molecular weight is 381 g/mol. The minimum Gasteiger partial charge on any atom is -3.00 e. The third kappa shape index (κ3) is 19.8.